The number of hydrogen-bond acceptors (Lipinski definition) is 9. The van der Waals surface area contributed by atoms with Gasteiger partial charge in [0.25, 0.3) is 0 Å². The number of nitrogens with two attached hydrogens (primary N) is 1. The number of alkyl halides is 1. The minimum absolute atomic E-state index is 0.0410. The van der Waals surface area contributed by atoms with Crippen LogP contribution in [-0.4, -0.2) is 87.6 Å². The summed E-state index contributed by atoms with van der Waals surface area (Å²) in [5.74, 6) is 1.07. The zero-order valence-electron chi connectivity index (χ0n) is 26.7. The van der Waals surface area contributed by atoms with E-state index in [-0.39, 0.29) is 35.0 Å². The molecule has 1 heterocycles. The molecule has 11 heteroatoms. The van der Waals surface area contributed by atoms with Gasteiger partial charge in [0.1, 0.15) is 11.5 Å². The number of nitrogen functional groups attached to an aromatic ring is 1. The summed E-state index contributed by atoms with van der Waals surface area (Å²) < 4.78 is 22.0. The van der Waals surface area contributed by atoms with E-state index >= 15 is 0 Å². The summed E-state index contributed by atoms with van der Waals surface area (Å²) in [4.78, 5) is 42.6. The van der Waals surface area contributed by atoms with Crippen molar-refractivity contribution < 1.29 is 33.3 Å². The molecule has 2 N–H and O–H groups in total. The third kappa shape index (κ3) is 7.18. The molecule has 1 amide bonds. The number of ether oxygens (including phenoxy) is 4. The molecule has 0 bridgehead atoms. The number of Topliss-reactive ketones (excluding diaryl/α,β-unsaturated/α-hetero) is 1. The van der Waals surface area contributed by atoms with Gasteiger partial charge in [0.2, 0.25) is 0 Å². The lowest BCUT2D eigenvalue weighted by Gasteiger charge is -2.31. The van der Waals surface area contributed by atoms with Crippen molar-refractivity contribution in [2.24, 2.45) is 0 Å². The van der Waals surface area contributed by atoms with Gasteiger partial charge >= 0.3 is 12.1 Å². The number of carbonyl (C=O) groups is 3. The van der Waals surface area contributed by atoms with Crippen LogP contribution in [-0.2, 0) is 9.53 Å². The maximum absolute atomic E-state index is 13.6. The number of benzene rings is 3. The van der Waals surface area contributed by atoms with Crippen LogP contribution in [0.3, 0.4) is 0 Å². The minimum Gasteiger partial charge on any atom is -0.493 e. The Morgan fingerprint density at radius 2 is 1.67 bits per heavy atom. The summed E-state index contributed by atoms with van der Waals surface area (Å²) in [6.45, 7) is 3.22. The minimum atomic E-state index is -0.551. The Bertz CT molecular complexity index is 1590. The zero-order chi connectivity index (χ0) is 32.8. The standard InChI is InChI=1S/C35H42ClN3O7/c1-38-12-14-39(15-13-38)35(42)46-30-18-26-25(17-22(21-36)33(26)24-10-7-6-9-23(24)30)29(40)11-5-4-8-16-45-32-20-28(37)27(34(41)44-3)19-31(32)43-2/h6-7,9-10,18-20,22,25H,4-5,8,11-17,21,37H2,1-3H3. The number of rotatable bonds is 12. The molecule has 1 aliphatic carbocycles. The summed E-state index contributed by atoms with van der Waals surface area (Å²) in [5.41, 5.74) is 8.47. The Balaban J connectivity index is 1.22. The van der Waals surface area contributed by atoms with Crippen LogP contribution in [0.5, 0.6) is 17.2 Å². The number of ketones is 1. The third-order valence-electron chi connectivity index (χ3n) is 8.98. The average Bonchev–Trinajstić information content (AvgIpc) is 3.45. The second-order valence-corrected chi connectivity index (χ2v) is 12.2. The largest absolute Gasteiger partial charge is 0.493 e. The number of amides is 1. The molecule has 46 heavy (non-hydrogen) atoms. The Labute approximate surface area is 274 Å². The van der Waals surface area contributed by atoms with E-state index in [4.69, 9.17) is 36.3 Å². The number of fused-ring (bicyclic) bond motifs is 3. The first kappa shape index (κ1) is 33.3. The van der Waals surface area contributed by atoms with Crippen molar-refractivity contribution in [3.63, 3.8) is 0 Å². The van der Waals surface area contributed by atoms with Gasteiger partial charge in [-0.15, -0.1) is 11.6 Å². The first-order chi connectivity index (χ1) is 22.2. The monoisotopic (exact) mass is 651 g/mol. The normalized spacial score (nSPS) is 17.9. The molecule has 10 nitrogen and oxygen atoms in total. The van der Waals surface area contributed by atoms with Gasteiger partial charge < -0.3 is 34.5 Å². The smallest absolute Gasteiger partial charge is 0.415 e. The number of halogens is 1. The molecule has 2 unspecified atom stereocenters. The van der Waals surface area contributed by atoms with Crippen molar-refractivity contribution in [3.05, 3.63) is 59.2 Å². The SMILES string of the molecule is COC(=O)c1cc(OC)c(OCCCCCC(=O)C2CC(CCl)c3c2cc(OC(=O)N2CCN(C)CC2)c2ccccc32)cc1N. The number of methoxy groups -OCH3 is 2. The number of unbranched alkanes of at least 4 members (excludes halogenated alkanes) is 2. The number of likely N-dealkylation sites (N-methyl/N-ethyl adjacent to an activating group) is 1. The molecule has 0 radical (unpaired) electrons. The van der Waals surface area contributed by atoms with Crippen molar-refractivity contribution in [3.8, 4) is 17.2 Å². The molecular weight excluding hydrogens is 610 g/mol. The van der Waals surface area contributed by atoms with Crippen molar-refractivity contribution in [1.29, 1.82) is 0 Å². The average molecular weight is 652 g/mol. The summed E-state index contributed by atoms with van der Waals surface area (Å²) in [6.07, 6.45) is 2.91. The van der Waals surface area contributed by atoms with E-state index in [0.29, 0.717) is 62.1 Å². The van der Waals surface area contributed by atoms with E-state index in [2.05, 4.69) is 4.90 Å². The number of carbonyl (C=O) groups excluding carboxylic acids is 3. The summed E-state index contributed by atoms with van der Waals surface area (Å²) in [6, 6.07) is 12.8. The van der Waals surface area contributed by atoms with Crippen LogP contribution in [0.2, 0.25) is 0 Å². The van der Waals surface area contributed by atoms with Gasteiger partial charge in [0.05, 0.1) is 32.1 Å². The molecule has 0 spiro atoms. The van der Waals surface area contributed by atoms with E-state index in [1.54, 1.807) is 11.0 Å². The molecule has 2 atom stereocenters. The highest BCUT2D eigenvalue weighted by Crippen LogP contribution is 2.49. The summed E-state index contributed by atoms with van der Waals surface area (Å²) in [7, 11) is 4.82. The Morgan fingerprint density at radius 1 is 0.935 bits per heavy atom. The lowest BCUT2D eigenvalue weighted by Crippen LogP contribution is -2.48. The van der Waals surface area contributed by atoms with E-state index in [0.717, 1.165) is 47.8 Å². The van der Waals surface area contributed by atoms with Crippen LogP contribution in [0.15, 0.2) is 42.5 Å². The topological polar surface area (TPSA) is 121 Å². The predicted octanol–water partition coefficient (Wildman–Crippen LogP) is 5.98. The fourth-order valence-electron chi connectivity index (χ4n) is 6.40. The molecule has 3 aromatic rings. The predicted molar refractivity (Wildman–Crippen MR) is 178 cm³/mol. The Morgan fingerprint density at radius 3 is 2.37 bits per heavy atom. The van der Waals surface area contributed by atoms with Gasteiger partial charge in [-0.1, -0.05) is 24.3 Å². The molecule has 246 valence electrons. The van der Waals surface area contributed by atoms with Crippen LogP contribution in [0.25, 0.3) is 10.8 Å². The molecule has 1 fully saturated rings. The first-order valence-electron chi connectivity index (χ1n) is 15.7. The lowest BCUT2D eigenvalue weighted by molar-refractivity contribution is -0.120. The van der Waals surface area contributed by atoms with E-state index < -0.39 is 5.97 Å². The number of hydrogen-bond donors (Lipinski definition) is 1. The lowest BCUT2D eigenvalue weighted by atomic mass is 9.91. The fourth-order valence-corrected chi connectivity index (χ4v) is 6.68. The van der Waals surface area contributed by atoms with Gasteiger partial charge in [-0.05, 0) is 61.2 Å². The highest BCUT2D eigenvalue weighted by atomic mass is 35.5. The maximum atomic E-state index is 13.6. The van der Waals surface area contributed by atoms with Crippen LogP contribution in [0.4, 0.5) is 10.5 Å². The third-order valence-corrected chi connectivity index (χ3v) is 9.36. The number of esters is 1. The van der Waals surface area contributed by atoms with Crippen LogP contribution in [0, 0.1) is 0 Å². The summed E-state index contributed by atoms with van der Waals surface area (Å²) >= 11 is 6.46. The van der Waals surface area contributed by atoms with Crippen molar-refractivity contribution in [2.45, 2.75) is 43.9 Å². The molecule has 1 saturated heterocycles. The highest BCUT2D eigenvalue weighted by Gasteiger charge is 2.37. The van der Waals surface area contributed by atoms with E-state index in [1.165, 1.54) is 20.3 Å². The maximum Gasteiger partial charge on any atom is 0.415 e. The molecule has 1 aliphatic heterocycles. The molecule has 3 aromatic carbocycles. The summed E-state index contributed by atoms with van der Waals surface area (Å²) in [5, 5.41) is 1.83. The molecule has 2 aliphatic rings. The molecule has 0 aromatic heterocycles. The Kier molecular flexibility index (Phi) is 10.9. The fraction of sp³-hybridized carbons (Fsp3) is 0.457. The highest BCUT2D eigenvalue weighted by molar-refractivity contribution is 6.18. The van der Waals surface area contributed by atoms with Crippen molar-refractivity contribution >= 4 is 45.9 Å². The second kappa shape index (κ2) is 15.0. The van der Waals surface area contributed by atoms with Gasteiger partial charge in [-0.2, -0.15) is 0 Å². The van der Waals surface area contributed by atoms with Crippen LogP contribution < -0.4 is 19.9 Å². The number of anilines is 1. The van der Waals surface area contributed by atoms with Crippen molar-refractivity contribution in [2.75, 3.05) is 65.7 Å². The number of nitrogens with zero attached hydrogens (tertiary/aromatic N) is 2. The van der Waals surface area contributed by atoms with E-state index in [1.807, 2.05) is 37.4 Å². The van der Waals surface area contributed by atoms with Crippen LogP contribution >= 0.6 is 11.6 Å². The quantitative estimate of drug-likeness (QED) is 0.109. The van der Waals surface area contributed by atoms with E-state index in [9.17, 15) is 14.4 Å². The molecule has 5 rings (SSSR count). The van der Waals surface area contributed by atoms with Crippen LogP contribution in [0.1, 0.15) is 65.4 Å². The van der Waals surface area contributed by atoms with Crippen molar-refractivity contribution in [1.82, 2.24) is 9.80 Å². The first-order valence-corrected chi connectivity index (χ1v) is 16.3. The zero-order valence-corrected chi connectivity index (χ0v) is 27.4. The second-order valence-electron chi connectivity index (χ2n) is 11.9. The number of piperazine rings is 1. The molecule has 0 saturated carbocycles. The van der Waals surface area contributed by atoms with Gasteiger partial charge in [-0.3, -0.25) is 4.79 Å². The van der Waals surface area contributed by atoms with Gasteiger partial charge in [-0.25, -0.2) is 9.59 Å². The van der Waals surface area contributed by atoms with Gasteiger partial charge in [0, 0.05) is 61.9 Å². The Hall–Kier alpha value is -4.02. The van der Waals surface area contributed by atoms with Gasteiger partial charge in [0.15, 0.2) is 11.5 Å². The molecular formula is C35H42ClN3O7.